The van der Waals surface area contributed by atoms with Gasteiger partial charge >= 0.3 is 5.97 Å². The molecule has 0 amide bonds. The number of rotatable bonds is 12. The molecule has 0 spiro atoms. The lowest BCUT2D eigenvalue weighted by molar-refractivity contribution is -0.139. The number of nitrogens with one attached hydrogen (secondary N) is 1. The lowest BCUT2D eigenvalue weighted by Gasteiger charge is -2.10. The number of carboxylic acids is 1. The van der Waals surface area contributed by atoms with E-state index in [0.717, 1.165) is 46.2 Å². The van der Waals surface area contributed by atoms with Crippen LogP contribution < -0.4 is 10.1 Å². The average molecular weight is 510 g/mol. The third-order valence-electron chi connectivity index (χ3n) is 5.31. The van der Waals surface area contributed by atoms with Gasteiger partial charge in [-0.3, -0.25) is 0 Å². The first-order valence-electron chi connectivity index (χ1n) is 10.7. The second-order valence-corrected chi connectivity index (χ2v) is 11.8. The Hall–Kier alpha value is -2.13. The van der Waals surface area contributed by atoms with Crippen molar-refractivity contribution in [1.29, 1.82) is 0 Å². The highest BCUT2D eigenvalue weighted by atomic mass is 35.5. The van der Waals surface area contributed by atoms with Gasteiger partial charge in [0.2, 0.25) is 0 Å². The van der Waals surface area contributed by atoms with E-state index in [0.29, 0.717) is 27.9 Å². The Morgan fingerprint density at radius 3 is 2.61 bits per heavy atom. The molecule has 0 bridgehead atoms. The SMILES string of the molecule is Cc1cc(CCCNCCCS(=O)(=O)c2sc3ccc(Cl)cc3c2C)ccc1OCC(=O)O. The Bertz CT molecular complexity index is 1240. The van der Waals surface area contributed by atoms with Gasteiger partial charge in [-0.1, -0.05) is 23.7 Å². The minimum Gasteiger partial charge on any atom is -0.482 e. The number of sulfone groups is 1. The molecule has 178 valence electrons. The molecule has 0 saturated carbocycles. The molecular formula is C24H28ClNO5S2. The molecule has 2 aromatic carbocycles. The molecule has 0 fully saturated rings. The van der Waals surface area contributed by atoms with Gasteiger partial charge in [0.1, 0.15) is 9.96 Å². The van der Waals surface area contributed by atoms with Crippen molar-refractivity contribution in [1.82, 2.24) is 5.32 Å². The summed E-state index contributed by atoms with van der Waals surface area (Å²) in [5, 5.41) is 13.5. The highest BCUT2D eigenvalue weighted by Gasteiger charge is 2.21. The quantitative estimate of drug-likeness (QED) is 0.333. The normalized spacial score (nSPS) is 11.7. The Balaban J connectivity index is 1.41. The predicted molar refractivity (Wildman–Crippen MR) is 134 cm³/mol. The van der Waals surface area contributed by atoms with E-state index in [1.54, 1.807) is 12.1 Å². The number of ether oxygens (including phenoxy) is 1. The monoisotopic (exact) mass is 509 g/mol. The van der Waals surface area contributed by atoms with Gasteiger partial charge in [-0.05, 0) is 92.5 Å². The number of hydrogen-bond acceptors (Lipinski definition) is 6. The summed E-state index contributed by atoms with van der Waals surface area (Å²) in [4.78, 5) is 10.6. The molecule has 0 atom stereocenters. The third-order valence-corrected chi connectivity index (χ3v) is 9.32. The van der Waals surface area contributed by atoms with E-state index in [4.69, 9.17) is 21.4 Å². The maximum atomic E-state index is 12.8. The second-order valence-electron chi connectivity index (χ2n) is 7.96. The average Bonchev–Trinajstić information content (AvgIpc) is 3.09. The van der Waals surface area contributed by atoms with E-state index in [2.05, 4.69) is 5.32 Å². The molecule has 0 aliphatic carbocycles. The van der Waals surface area contributed by atoms with Crippen molar-refractivity contribution in [2.24, 2.45) is 0 Å². The molecule has 1 aromatic heterocycles. The smallest absolute Gasteiger partial charge is 0.341 e. The van der Waals surface area contributed by atoms with E-state index in [1.165, 1.54) is 11.3 Å². The standard InChI is InChI=1S/C24H28ClNO5S2/c1-16-13-18(6-8-21(16)31-15-23(27)28)5-3-10-26-11-4-12-33(29,30)24-17(2)20-14-19(25)7-9-22(20)32-24/h6-9,13-14,26H,3-5,10-12,15H2,1-2H3,(H,27,28). The highest BCUT2D eigenvalue weighted by Crippen LogP contribution is 2.36. The summed E-state index contributed by atoms with van der Waals surface area (Å²) in [5.74, 6) is -0.308. The molecule has 3 aromatic rings. The fraction of sp³-hybridized carbons (Fsp3) is 0.375. The lowest BCUT2D eigenvalue weighted by Crippen LogP contribution is -2.20. The molecule has 1 heterocycles. The predicted octanol–water partition coefficient (Wildman–Crippen LogP) is 5.02. The number of fused-ring (bicyclic) bond motifs is 1. The highest BCUT2D eigenvalue weighted by molar-refractivity contribution is 7.93. The number of carboxylic acid groups (broad SMARTS) is 1. The third kappa shape index (κ3) is 6.93. The fourth-order valence-electron chi connectivity index (χ4n) is 3.66. The van der Waals surface area contributed by atoms with Crippen LogP contribution in [0.5, 0.6) is 5.75 Å². The van der Waals surface area contributed by atoms with Crippen molar-refractivity contribution >= 4 is 48.8 Å². The van der Waals surface area contributed by atoms with Crippen LogP contribution >= 0.6 is 22.9 Å². The summed E-state index contributed by atoms with van der Waals surface area (Å²) in [6, 6.07) is 11.2. The molecule has 3 rings (SSSR count). The van der Waals surface area contributed by atoms with Crippen LogP contribution in [0.2, 0.25) is 5.02 Å². The van der Waals surface area contributed by atoms with Crippen LogP contribution in [-0.2, 0) is 21.1 Å². The summed E-state index contributed by atoms with van der Waals surface area (Å²) in [5.41, 5.74) is 2.84. The van der Waals surface area contributed by atoms with E-state index in [9.17, 15) is 13.2 Å². The van der Waals surface area contributed by atoms with Gasteiger partial charge in [0, 0.05) is 9.72 Å². The number of hydrogen-bond donors (Lipinski definition) is 2. The molecule has 0 unspecified atom stereocenters. The van der Waals surface area contributed by atoms with Crippen molar-refractivity contribution in [2.75, 3.05) is 25.4 Å². The number of benzene rings is 2. The fourth-order valence-corrected chi connectivity index (χ4v) is 7.06. The van der Waals surface area contributed by atoms with Crippen LogP contribution in [-0.4, -0.2) is 44.9 Å². The topological polar surface area (TPSA) is 92.7 Å². The summed E-state index contributed by atoms with van der Waals surface area (Å²) in [6.45, 7) is 4.81. The van der Waals surface area contributed by atoms with Gasteiger partial charge < -0.3 is 15.2 Å². The first kappa shape index (κ1) is 25.5. The van der Waals surface area contributed by atoms with Gasteiger partial charge in [0.05, 0.1) is 5.75 Å². The van der Waals surface area contributed by atoms with Crippen molar-refractivity contribution < 1.29 is 23.1 Å². The van der Waals surface area contributed by atoms with Crippen molar-refractivity contribution in [3.63, 3.8) is 0 Å². The Morgan fingerprint density at radius 2 is 1.88 bits per heavy atom. The van der Waals surface area contributed by atoms with Crippen molar-refractivity contribution in [2.45, 2.75) is 37.3 Å². The molecule has 2 N–H and O–H groups in total. The zero-order valence-electron chi connectivity index (χ0n) is 18.7. The van der Waals surface area contributed by atoms with Gasteiger partial charge in [0.25, 0.3) is 0 Å². The number of aliphatic carboxylic acids is 1. The maximum Gasteiger partial charge on any atom is 0.341 e. The summed E-state index contributed by atoms with van der Waals surface area (Å²) in [7, 11) is -3.33. The molecule has 0 aliphatic rings. The molecule has 9 heteroatoms. The summed E-state index contributed by atoms with van der Waals surface area (Å²) < 4.78 is 32.3. The Labute approximate surface area is 203 Å². The van der Waals surface area contributed by atoms with Crippen LogP contribution in [0.1, 0.15) is 29.5 Å². The van der Waals surface area contributed by atoms with E-state index in [1.807, 2.05) is 38.1 Å². The zero-order valence-corrected chi connectivity index (χ0v) is 21.1. The summed E-state index contributed by atoms with van der Waals surface area (Å²) in [6.07, 6.45) is 2.33. The first-order chi connectivity index (χ1) is 15.7. The van der Waals surface area contributed by atoms with Crippen LogP contribution in [0.4, 0.5) is 0 Å². The molecule has 0 radical (unpaired) electrons. The van der Waals surface area contributed by atoms with E-state index < -0.39 is 15.8 Å². The maximum absolute atomic E-state index is 12.8. The van der Waals surface area contributed by atoms with Crippen LogP contribution in [0.15, 0.2) is 40.6 Å². The van der Waals surface area contributed by atoms with E-state index >= 15 is 0 Å². The molecule has 33 heavy (non-hydrogen) atoms. The number of halogens is 1. The lowest BCUT2D eigenvalue weighted by atomic mass is 10.1. The van der Waals surface area contributed by atoms with Gasteiger partial charge in [-0.25, -0.2) is 13.2 Å². The Kier molecular flexibility index (Phi) is 8.75. The Morgan fingerprint density at radius 1 is 1.12 bits per heavy atom. The molecule has 6 nitrogen and oxygen atoms in total. The summed E-state index contributed by atoms with van der Waals surface area (Å²) >= 11 is 7.37. The largest absolute Gasteiger partial charge is 0.482 e. The number of carbonyl (C=O) groups is 1. The van der Waals surface area contributed by atoms with Crippen LogP contribution in [0, 0.1) is 13.8 Å². The van der Waals surface area contributed by atoms with Crippen LogP contribution in [0.25, 0.3) is 10.1 Å². The number of thiophene rings is 1. The first-order valence-corrected chi connectivity index (χ1v) is 13.6. The minimum atomic E-state index is -3.33. The molecule has 0 aliphatic heterocycles. The van der Waals surface area contributed by atoms with Gasteiger partial charge in [0.15, 0.2) is 16.4 Å². The molecule has 0 saturated heterocycles. The molecular weight excluding hydrogens is 482 g/mol. The van der Waals surface area contributed by atoms with Crippen LogP contribution in [0.3, 0.4) is 0 Å². The second kappa shape index (κ2) is 11.3. The van der Waals surface area contributed by atoms with Crippen molar-refractivity contribution in [3.05, 3.63) is 58.1 Å². The zero-order chi connectivity index (χ0) is 24.0. The van der Waals surface area contributed by atoms with Gasteiger partial charge in [-0.2, -0.15) is 0 Å². The minimum absolute atomic E-state index is 0.110. The van der Waals surface area contributed by atoms with Crippen molar-refractivity contribution in [3.8, 4) is 5.75 Å². The van der Waals surface area contributed by atoms with E-state index in [-0.39, 0.29) is 12.4 Å². The number of aryl methyl sites for hydroxylation is 3. The van der Waals surface area contributed by atoms with Gasteiger partial charge in [-0.15, -0.1) is 11.3 Å².